The van der Waals surface area contributed by atoms with Crippen LogP contribution in [0, 0.1) is 19.7 Å². The van der Waals surface area contributed by atoms with Crippen LogP contribution in [0.5, 0.6) is 5.75 Å². The zero-order chi connectivity index (χ0) is 21.0. The number of carbonyl (C=O) groups is 1. The third kappa shape index (κ3) is 6.14. The molecule has 0 unspecified atom stereocenters. The zero-order valence-corrected chi connectivity index (χ0v) is 19.3. The molecule has 162 valence electrons. The van der Waals surface area contributed by atoms with Crippen LogP contribution >= 0.6 is 23.7 Å². The Bertz CT molecular complexity index is 992. The summed E-state index contributed by atoms with van der Waals surface area (Å²) in [6.45, 7) is 5.41. The number of amides is 1. The minimum absolute atomic E-state index is 0. The summed E-state index contributed by atoms with van der Waals surface area (Å²) in [6.07, 6.45) is 0.823. The lowest BCUT2D eigenvalue weighted by molar-refractivity contribution is -0.120. The van der Waals surface area contributed by atoms with Gasteiger partial charge in [0.25, 0.3) is 5.91 Å². The number of rotatable bonds is 8. The number of hydrogen-bond donors (Lipinski definition) is 0. The quantitative estimate of drug-likeness (QED) is 0.491. The van der Waals surface area contributed by atoms with Crippen LogP contribution in [0.15, 0.2) is 36.4 Å². The molecule has 0 saturated carbocycles. The van der Waals surface area contributed by atoms with Gasteiger partial charge in [-0.1, -0.05) is 17.4 Å². The Labute approximate surface area is 186 Å². The van der Waals surface area contributed by atoms with Crippen molar-refractivity contribution in [3.63, 3.8) is 0 Å². The van der Waals surface area contributed by atoms with Crippen molar-refractivity contribution in [1.82, 2.24) is 9.88 Å². The van der Waals surface area contributed by atoms with Crippen LogP contribution in [-0.2, 0) is 4.79 Å². The summed E-state index contributed by atoms with van der Waals surface area (Å²) < 4.78 is 19.7. The lowest BCUT2D eigenvalue weighted by atomic mass is 10.1. The molecule has 0 aliphatic carbocycles. The Morgan fingerprint density at radius 2 is 1.83 bits per heavy atom. The van der Waals surface area contributed by atoms with E-state index in [1.807, 2.05) is 27.1 Å². The van der Waals surface area contributed by atoms with Crippen LogP contribution in [0.4, 0.5) is 9.52 Å². The van der Waals surface area contributed by atoms with Gasteiger partial charge < -0.3 is 9.64 Å². The maximum Gasteiger partial charge on any atom is 0.266 e. The third-order valence-corrected chi connectivity index (χ3v) is 5.73. The first kappa shape index (κ1) is 24.1. The number of anilines is 1. The van der Waals surface area contributed by atoms with E-state index < -0.39 is 0 Å². The molecule has 5 nitrogen and oxygen atoms in total. The van der Waals surface area contributed by atoms with Gasteiger partial charge in [-0.2, -0.15) is 0 Å². The molecule has 30 heavy (non-hydrogen) atoms. The first-order chi connectivity index (χ1) is 13.8. The van der Waals surface area contributed by atoms with E-state index >= 15 is 0 Å². The highest BCUT2D eigenvalue weighted by Gasteiger charge is 2.21. The predicted octanol–water partition coefficient (Wildman–Crippen LogP) is 4.84. The van der Waals surface area contributed by atoms with E-state index in [9.17, 15) is 9.18 Å². The van der Waals surface area contributed by atoms with Gasteiger partial charge in [-0.15, -0.1) is 12.4 Å². The van der Waals surface area contributed by atoms with Gasteiger partial charge >= 0.3 is 0 Å². The number of benzene rings is 2. The zero-order valence-electron chi connectivity index (χ0n) is 17.6. The molecule has 0 spiro atoms. The molecular weight excluding hydrogens is 425 g/mol. The van der Waals surface area contributed by atoms with Gasteiger partial charge in [-0.25, -0.2) is 9.37 Å². The van der Waals surface area contributed by atoms with Crippen molar-refractivity contribution in [3.8, 4) is 5.75 Å². The van der Waals surface area contributed by atoms with Crippen LogP contribution in [-0.4, -0.2) is 49.6 Å². The standard InChI is InChI=1S/C22H26FN3O2S.ClH/c1-15-12-16(2)21-19(13-15)24-22(29-21)26(11-5-10-25(3)4)20(27)14-28-18-8-6-17(23)7-9-18;/h6-9,12-13H,5,10-11,14H2,1-4H3;1H. The Hall–Kier alpha value is -2.22. The molecular formula is C22H27ClFN3O2S. The predicted molar refractivity (Wildman–Crippen MR) is 124 cm³/mol. The molecule has 3 rings (SSSR count). The van der Waals surface area contributed by atoms with E-state index in [1.165, 1.54) is 35.6 Å². The summed E-state index contributed by atoms with van der Waals surface area (Å²) >= 11 is 1.53. The number of aromatic nitrogens is 1. The summed E-state index contributed by atoms with van der Waals surface area (Å²) in [5.41, 5.74) is 3.22. The largest absolute Gasteiger partial charge is 0.484 e. The van der Waals surface area contributed by atoms with Crippen molar-refractivity contribution in [3.05, 3.63) is 53.3 Å². The summed E-state index contributed by atoms with van der Waals surface area (Å²) in [5.74, 6) is -0.0422. The molecule has 0 aliphatic rings. The van der Waals surface area contributed by atoms with E-state index in [-0.39, 0.29) is 30.7 Å². The Balaban J connectivity index is 0.00000320. The van der Waals surface area contributed by atoms with E-state index in [4.69, 9.17) is 9.72 Å². The minimum atomic E-state index is -0.339. The number of ether oxygens (including phenoxy) is 1. The highest BCUT2D eigenvalue weighted by atomic mass is 35.5. The fraction of sp³-hybridized carbons (Fsp3) is 0.364. The number of nitrogens with zero attached hydrogens (tertiary/aromatic N) is 3. The van der Waals surface area contributed by atoms with Gasteiger partial charge in [0.1, 0.15) is 11.6 Å². The van der Waals surface area contributed by atoms with E-state index in [2.05, 4.69) is 17.9 Å². The number of fused-ring (bicyclic) bond motifs is 1. The fourth-order valence-corrected chi connectivity index (χ4v) is 4.17. The smallest absolute Gasteiger partial charge is 0.266 e. The second kappa shape index (κ2) is 10.7. The van der Waals surface area contributed by atoms with Gasteiger partial charge in [0.05, 0.1) is 10.2 Å². The third-order valence-electron chi connectivity index (χ3n) is 4.50. The van der Waals surface area contributed by atoms with Gasteiger partial charge in [0.2, 0.25) is 0 Å². The maximum absolute atomic E-state index is 13.1. The van der Waals surface area contributed by atoms with E-state index in [0.29, 0.717) is 17.4 Å². The normalized spacial score (nSPS) is 10.9. The van der Waals surface area contributed by atoms with E-state index in [0.717, 1.165) is 34.3 Å². The molecule has 3 aromatic rings. The average Bonchev–Trinajstić information content (AvgIpc) is 3.08. The topological polar surface area (TPSA) is 45.7 Å². The summed E-state index contributed by atoms with van der Waals surface area (Å²) in [5, 5.41) is 0.681. The number of halogens is 2. The van der Waals surface area contributed by atoms with Gasteiger partial charge in [0.15, 0.2) is 11.7 Å². The number of aryl methyl sites for hydroxylation is 2. The van der Waals surface area contributed by atoms with Crippen molar-refractivity contribution < 1.29 is 13.9 Å². The number of hydrogen-bond acceptors (Lipinski definition) is 5. The molecule has 0 bridgehead atoms. The highest BCUT2D eigenvalue weighted by molar-refractivity contribution is 7.22. The minimum Gasteiger partial charge on any atom is -0.484 e. The second-order valence-electron chi connectivity index (χ2n) is 7.37. The van der Waals surface area contributed by atoms with Gasteiger partial charge in [0, 0.05) is 6.54 Å². The van der Waals surface area contributed by atoms with Crippen molar-refractivity contribution in [2.75, 3.05) is 38.7 Å². The van der Waals surface area contributed by atoms with Crippen molar-refractivity contribution in [2.45, 2.75) is 20.3 Å². The average molecular weight is 452 g/mol. The summed E-state index contributed by atoms with van der Waals surface area (Å²) in [4.78, 5) is 21.5. The van der Waals surface area contributed by atoms with Gasteiger partial charge in [-0.05, 0) is 82.4 Å². The Morgan fingerprint density at radius 3 is 2.50 bits per heavy atom. The lowest BCUT2D eigenvalue weighted by Crippen LogP contribution is -2.36. The first-order valence-corrected chi connectivity index (χ1v) is 10.4. The molecule has 0 fully saturated rings. The van der Waals surface area contributed by atoms with Gasteiger partial charge in [-0.3, -0.25) is 9.69 Å². The van der Waals surface area contributed by atoms with Crippen LogP contribution in [0.2, 0.25) is 0 Å². The lowest BCUT2D eigenvalue weighted by Gasteiger charge is -2.21. The molecule has 0 saturated heterocycles. The van der Waals surface area contributed by atoms with Crippen LogP contribution in [0.3, 0.4) is 0 Å². The SMILES string of the molecule is Cc1cc(C)c2sc(N(CCCN(C)C)C(=O)COc3ccc(F)cc3)nc2c1.Cl. The van der Waals surface area contributed by atoms with Crippen molar-refractivity contribution in [1.29, 1.82) is 0 Å². The number of carbonyl (C=O) groups excluding carboxylic acids is 1. The molecule has 0 atom stereocenters. The second-order valence-corrected chi connectivity index (χ2v) is 8.35. The molecule has 0 aliphatic heterocycles. The highest BCUT2D eigenvalue weighted by Crippen LogP contribution is 2.32. The van der Waals surface area contributed by atoms with Crippen LogP contribution in [0.25, 0.3) is 10.2 Å². The van der Waals surface area contributed by atoms with Crippen molar-refractivity contribution in [2.24, 2.45) is 0 Å². The maximum atomic E-state index is 13.1. The van der Waals surface area contributed by atoms with Crippen molar-refractivity contribution >= 4 is 45.0 Å². The number of thiazole rings is 1. The Kier molecular flexibility index (Phi) is 8.58. The Morgan fingerprint density at radius 1 is 1.13 bits per heavy atom. The van der Waals surface area contributed by atoms with E-state index in [1.54, 1.807) is 4.90 Å². The molecule has 1 amide bonds. The molecule has 2 aromatic carbocycles. The molecule has 1 aromatic heterocycles. The molecule has 0 N–H and O–H groups in total. The monoisotopic (exact) mass is 451 g/mol. The summed E-state index contributed by atoms with van der Waals surface area (Å²) in [6, 6.07) is 9.83. The summed E-state index contributed by atoms with van der Waals surface area (Å²) in [7, 11) is 4.02. The molecule has 1 heterocycles. The first-order valence-electron chi connectivity index (χ1n) is 9.55. The van der Waals surface area contributed by atoms with Crippen LogP contribution in [0.1, 0.15) is 17.5 Å². The fourth-order valence-electron chi connectivity index (χ4n) is 3.11. The van der Waals surface area contributed by atoms with Crippen LogP contribution < -0.4 is 9.64 Å². The molecule has 0 radical (unpaired) electrons. The molecule has 8 heteroatoms.